The van der Waals surface area contributed by atoms with Gasteiger partial charge in [0.1, 0.15) is 0 Å². The van der Waals surface area contributed by atoms with Crippen LogP contribution in [0.3, 0.4) is 0 Å². The monoisotopic (exact) mass is 248 g/mol. The normalized spacial score (nSPS) is 10.0. The molecule has 0 bridgehead atoms. The van der Waals surface area contributed by atoms with Crippen molar-refractivity contribution >= 4 is 17.5 Å². The number of methoxy groups -OCH3 is 1. The molecule has 1 aromatic heterocycles. The van der Waals surface area contributed by atoms with Gasteiger partial charge in [-0.05, 0) is 19.1 Å². The molecule has 0 aliphatic carbocycles. The van der Waals surface area contributed by atoms with Crippen molar-refractivity contribution < 1.29 is 9.47 Å². The maximum atomic E-state index is 5.22. The van der Waals surface area contributed by atoms with E-state index in [4.69, 9.17) is 21.7 Å². The minimum Gasteiger partial charge on any atom is -0.460 e. The number of aromatic nitrogens is 2. The van der Waals surface area contributed by atoms with Crippen LogP contribution in [0.2, 0.25) is 0 Å². The maximum absolute atomic E-state index is 5.22. The van der Waals surface area contributed by atoms with Crippen LogP contribution in [0.15, 0.2) is 36.7 Å². The Balaban J connectivity index is 2.18. The van der Waals surface area contributed by atoms with Gasteiger partial charge >= 0.3 is 5.24 Å². The molecule has 0 N–H and O–H groups in total. The van der Waals surface area contributed by atoms with Gasteiger partial charge in [-0.1, -0.05) is 17.7 Å². The number of aryl methyl sites for hydroxylation is 1. The maximum Gasteiger partial charge on any atom is 0.357 e. The highest BCUT2D eigenvalue weighted by atomic mass is 32.1. The molecule has 17 heavy (non-hydrogen) atoms. The summed E-state index contributed by atoms with van der Waals surface area (Å²) in [5, 5.41) is 4.26. The molecule has 0 fully saturated rings. The van der Waals surface area contributed by atoms with Gasteiger partial charge in [0, 0.05) is 12.2 Å². The number of benzene rings is 1. The zero-order valence-electron chi connectivity index (χ0n) is 9.58. The fourth-order valence-corrected chi connectivity index (χ4v) is 1.43. The molecule has 1 aromatic carbocycles. The number of hydrogen-bond donors (Lipinski definition) is 0. The second-order valence-corrected chi connectivity index (χ2v) is 3.85. The van der Waals surface area contributed by atoms with E-state index in [1.165, 1.54) is 12.7 Å². The Labute approximate surface area is 105 Å². The van der Waals surface area contributed by atoms with E-state index >= 15 is 0 Å². The lowest BCUT2D eigenvalue weighted by Crippen LogP contribution is -2.06. The quantitative estimate of drug-likeness (QED) is 0.765. The summed E-state index contributed by atoms with van der Waals surface area (Å²) in [4.78, 5) is 0. The molecule has 0 atom stereocenters. The molecule has 0 aliphatic rings. The van der Waals surface area contributed by atoms with Gasteiger partial charge in [-0.15, -0.1) is 0 Å². The van der Waals surface area contributed by atoms with Gasteiger partial charge in [-0.25, -0.2) is 4.68 Å². The van der Waals surface area contributed by atoms with Gasteiger partial charge in [0.2, 0.25) is 0 Å². The Morgan fingerprint density at radius 2 is 2.00 bits per heavy atom. The molecule has 0 saturated carbocycles. The Morgan fingerprint density at radius 1 is 1.29 bits per heavy atom. The average Bonchev–Trinajstić information content (AvgIpc) is 2.78. The van der Waals surface area contributed by atoms with Crippen LogP contribution in [-0.2, 0) is 4.74 Å². The molecular formula is C12H12N2O2S. The molecule has 0 aliphatic heterocycles. The van der Waals surface area contributed by atoms with Crippen LogP contribution < -0.4 is 4.74 Å². The lowest BCUT2D eigenvalue weighted by molar-refractivity contribution is 0.315. The predicted molar refractivity (Wildman–Crippen MR) is 68.5 cm³/mol. The Hall–Kier alpha value is -1.88. The van der Waals surface area contributed by atoms with Gasteiger partial charge in [-0.3, -0.25) is 0 Å². The van der Waals surface area contributed by atoms with Crippen LogP contribution in [0.5, 0.6) is 5.75 Å². The van der Waals surface area contributed by atoms with Gasteiger partial charge in [-0.2, -0.15) is 5.10 Å². The first-order valence-corrected chi connectivity index (χ1v) is 5.47. The highest BCUT2D eigenvalue weighted by Gasteiger charge is 2.04. The third-order valence-corrected chi connectivity index (χ3v) is 2.48. The summed E-state index contributed by atoms with van der Waals surface area (Å²) in [6.45, 7) is 2.04. The number of hydrogen-bond acceptors (Lipinski definition) is 4. The summed E-state index contributed by atoms with van der Waals surface area (Å²) in [6.07, 6.45) is 3.33. The van der Waals surface area contributed by atoms with E-state index in [1.54, 1.807) is 17.1 Å². The first-order valence-electron chi connectivity index (χ1n) is 5.06. The van der Waals surface area contributed by atoms with E-state index < -0.39 is 0 Å². The molecule has 0 spiro atoms. The van der Waals surface area contributed by atoms with Crippen molar-refractivity contribution in [1.29, 1.82) is 0 Å². The first kappa shape index (κ1) is 11.6. The molecule has 0 unspecified atom stereocenters. The fourth-order valence-electron chi connectivity index (χ4n) is 1.34. The second-order valence-electron chi connectivity index (χ2n) is 3.51. The minimum atomic E-state index is 0.0773. The van der Waals surface area contributed by atoms with Gasteiger partial charge < -0.3 is 9.47 Å². The topological polar surface area (TPSA) is 36.3 Å². The number of nitrogens with zero attached hydrogens (tertiary/aromatic N) is 2. The highest BCUT2D eigenvalue weighted by molar-refractivity contribution is 7.79. The van der Waals surface area contributed by atoms with Crippen molar-refractivity contribution in [3.63, 3.8) is 0 Å². The van der Waals surface area contributed by atoms with Crippen molar-refractivity contribution in [2.24, 2.45) is 0 Å². The lowest BCUT2D eigenvalue weighted by Gasteiger charge is -2.02. The van der Waals surface area contributed by atoms with E-state index in [0.717, 1.165) is 5.69 Å². The molecule has 1 heterocycles. The Morgan fingerprint density at radius 3 is 2.65 bits per heavy atom. The van der Waals surface area contributed by atoms with Crippen molar-refractivity contribution in [2.75, 3.05) is 7.11 Å². The van der Waals surface area contributed by atoms with Crippen LogP contribution in [0.1, 0.15) is 5.56 Å². The van der Waals surface area contributed by atoms with E-state index in [-0.39, 0.29) is 5.24 Å². The van der Waals surface area contributed by atoms with Crippen molar-refractivity contribution in [2.45, 2.75) is 6.92 Å². The molecule has 2 rings (SSSR count). The second kappa shape index (κ2) is 4.97. The Kier molecular flexibility index (Phi) is 3.39. The van der Waals surface area contributed by atoms with Gasteiger partial charge in [0.25, 0.3) is 0 Å². The number of ether oxygens (including phenoxy) is 2. The van der Waals surface area contributed by atoms with Gasteiger partial charge in [0.15, 0.2) is 5.75 Å². The van der Waals surface area contributed by atoms with E-state index in [1.807, 2.05) is 31.2 Å². The van der Waals surface area contributed by atoms with Crippen LogP contribution in [0.25, 0.3) is 5.69 Å². The van der Waals surface area contributed by atoms with E-state index in [2.05, 4.69) is 5.10 Å². The van der Waals surface area contributed by atoms with Crippen molar-refractivity contribution in [3.8, 4) is 11.4 Å². The molecular weight excluding hydrogens is 236 g/mol. The summed E-state index contributed by atoms with van der Waals surface area (Å²) in [7, 11) is 1.47. The highest BCUT2D eigenvalue weighted by Crippen LogP contribution is 2.14. The molecule has 0 saturated heterocycles. The van der Waals surface area contributed by atoms with Crippen LogP contribution in [0.4, 0.5) is 0 Å². The smallest absolute Gasteiger partial charge is 0.357 e. The summed E-state index contributed by atoms with van der Waals surface area (Å²) in [5.74, 6) is 0.553. The third kappa shape index (κ3) is 2.82. The fraction of sp³-hybridized carbons (Fsp3) is 0.167. The Bertz CT molecular complexity index is 520. The van der Waals surface area contributed by atoms with E-state index in [0.29, 0.717) is 5.75 Å². The largest absolute Gasteiger partial charge is 0.460 e. The van der Waals surface area contributed by atoms with Gasteiger partial charge in [0.05, 0.1) is 25.2 Å². The number of rotatable bonds is 2. The standard InChI is InChI=1S/C12H12N2O2S/c1-9-3-5-10(6-4-9)14-8-11(7-13-14)16-12(17)15-2/h3-8H,1-2H3. The lowest BCUT2D eigenvalue weighted by atomic mass is 10.2. The molecule has 2 aromatic rings. The zero-order chi connectivity index (χ0) is 12.3. The summed E-state index contributed by atoms with van der Waals surface area (Å²) in [6, 6.07) is 8.02. The summed E-state index contributed by atoms with van der Waals surface area (Å²) < 4.78 is 11.7. The van der Waals surface area contributed by atoms with Crippen LogP contribution >= 0.6 is 12.2 Å². The SMILES string of the molecule is COC(=S)Oc1cnn(-c2ccc(C)cc2)c1. The third-order valence-electron chi connectivity index (χ3n) is 2.23. The molecule has 88 valence electrons. The number of thiocarbonyl (C=S) groups is 1. The van der Waals surface area contributed by atoms with Crippen molar-refractivity contribution in [3.05, 3.63) is 42.2 Å². The van der Waals surface area contributed by atoms with Crippen molar-refractivity contribution in [1.82, 2.24) is 9.78 Å². The van der Waals surface area contributed by atoms with E-state index in [9.17, 15) is 0 Å². The summed E-state index contributed by atoms with van der Waals surface area (Å²) >= 11 is 4.80. The molecule has 0 amide bonds. The zero-order valence-corrected chi connectivity index (χ0v) is 10.4. The van der Waals surface area contributed by atoms with Crippen LogP contribution in [0, 0.1) is 6.92 Å². The van der Waals surface area contributed by atoms with Crippen LogP contribution in [-0.4, -0.2) is 22.1 Å². The molecule has 5 heteroatoms. The average molecular weight is 248 g/mol. The summed E-state index contributed by atoms with van der Waals surface area (Å²) in [5.41, 5.74) is 2.17. The first-order chi connectivity index (χ1) is 8.19. The predicted octanol–water partition coefficient (Wildman–Crippen LogP) is 2.49. The minimum absolute atomic E-state index is 0.0773. The molecule has 4 nitrogen and oxygen atoms in total. The molecule has 0 radical (unpaired) electrons.